The Morgan fingerprint density at radius 2 is 1.90 bits per heavy atom. The molecule has 0 radical (unpaired) electrons. The van der Waals surface area contributed by atoms with Gasteiger partial charge in [0.1, 0.15) is 10.6 Å². The molecule has 0 amide bonds. The van der Waals surface area contributed by atoms with E-state index in [1.165, 1.54) is 31.8 Å². The molecule has 2 aromatic heterocycles. The van der Waals surface area contributed by atoms with Crippen LogP contribution in [0.25, 0.3) is 16.6 Å². The van der Waals surface area contributed by atoms with Gasteiger partial charge in [-0.3, -0.25) is 4.98 Å². The van der Waals surface area contributed by atoms with Crippen LogP contribution in [0.2, 0.25) is 0 Å². The standard InChI is InChI=1S/C22H19N3O5S/c1-3-30-22(26)15-4-9-19-18(12-15)21(25-11-10-23-14-25)20(13-24-19)31(27,28)17-7-5-16(29-2)6-8-17/h4-14H,3H2,1-2H3. The number of methoxy groups -OCH3 is 1. The molecule has 0 fully saturated rings. The second-order valence-electron chi connectivity index (χ2n) is 6.57. The van der Waals surface area contributed by atoms with Crippen LogP contribution < -0.4 is 4.74 Å². The Balaban J connectivity index is 1.98. The maximum absolute atomic E-state index is 13.5. The van der Waals surface area contributed by atoms with Crippen molar-refractivity contribution in [3.05, 3.63) is 72.9 Å². The third-order valence-electron chi connectivity index (χ3n) is 4.74. The number of imidazole rings is 1. The van der Waals surface area contributed by atoms with E-state index in [4.69, 9.17) is 9.47 Å². The summed E-state index contributed by atoms with van der Waals surface area (Å²) in [4.78, 5) is 20.7. The lowest BCUT2D eigenvalue weighted by Crippen LogP contribution is -2.10. The van der Waals surface area contributed by atoms with Gasteiger partial charge in [-0.25, -0.2) is 18.2 Å². The van der Waals surface area contributed by atoms with Gasteiger partial charge in [0.25, 0.3) is 0 Å². The molecule has 0 unspecified atom stereocenters. The maximum atomic E-state index is 13.5. The predicted molar refractivity (Wildman–Crippen MR) is 113 cm³/mol. The zero-order valence-electron chi connectivity index (χ0n) is 16.8. The summed E-state index contributed by atoms with van der Waals surface area (Å²) in [5.41, 5.74) is 1.19. The molecule has 0 saturated heterocycles. The fourth-order valence-corrected chi connectivity index (χ4v) is 4.65. The zero-order valence-corrected chi connectivity index (χ0v) is 17.7. The summed E-state index contributed by atoms with van der Waals surface area (Å²) in [6, 6.07) is 11.0. The molecule has 2 heterocycles. The van der Waals surface area contributed by atoms with Crippen LogP contribution in [-0.2, 0) is 14.6 Å². The highest BCUT2D eigenvalue weighted by Crippen LogP contribution is 2.32. The van der Waals surface area contributed by atoms with Crippen molar-refractivity contribution in [2.24, 2.45) is 0 Å². The maximum Gasteiger partial charge on any atom is 0.338 e. The Kier molecular flexibility index (Phi) is 5.43. The van der Waals surface area contributed by atoms with E-state index >= 15 is 0 Å². The number of hydrogen-bond acceptors (Lipinski definition) is 7. The molecule has 2 aromatic carbocycles. The van der Waals surface area contributed by atoms with Crippen molar-refractivity contribution >= 4 is 26.7 Å². The molecule has 4 aromatic rings. The van der Waals surface area contributed by atoms with Gasteiger partial charge in [0, 0.05) is 24.0 Å². The van der Waals surface area contributed by atoms with Crippen LogP contribution in [-0.4, -0.2) is 42.6 Å². The average Bonchev–Trinajstić information content (AvgIpc) is 3.32. The molecule has 0 aliphatic carbocycles. The van der Waals surface area contributed by atoms with Crippen molar-refractivity contribution in [3.8, 4) is 11.4 Å². The number of carbonyl (C=O) groups is 1. The molecule has 0 spiro atoms. The quantitative estimate of drug-likeness (QED) is 0.426. The molecule has 9 heteroatoms. The smallest absolute Gasteiger partial charge is 0.338 e. The molecule has 158 valence electrons. The van der Waals surface area contributed by atoms with E-state index in [1.54, 1.807) is 54.2 Å². The minimum atomic E-state index is -3.94. The van der Waals surface area contributed by atoms with E-state index in [9.17, 15) is 13.2 Å². The largest absolute Gasteiger partial charge is 0.497 e. The lowest BCUT2D eigenvalue weighted by atomic mass is 10.1. The monoisotopic (exact) mass is 437 g/mol. The number of aromatic nitrogens is 3. The summed E-state index contributed by atoms with van der Waals surface area (Å²) in [6.07, 6.45) is 6.00. The minimum absolute atomic E-state index is 0.0100. The zero-order chi connectivity index (χ0) is 22.0. The van der Waals surface area contributed by atoms with Gasteiger partial charge in [0.2, 0.25) is 9.84 Å². The number of ether oxygens (including phenoxy) is 2. The number of fused-ring (bicyclic) bond motifs is 1. The molecule has 0 atom stereocenters. The minimum Gasteiger partial charge on any atom is -0.497 e. The molecule has 0 bridgehead atoms. The first-order valence-electron chi connectivity index (χ1n) is 9.43. The highest BCUT2D eigenvalue weighted by molar-refractivity contribution is 7.91. The number of hydrogen-bond donors (Lipinski definition) is 0. The van der Waals surface area contributed by atoms with Crippen molar-refractivity contribution < 1.29 is 22.7 Å². The first-order chi connectivity index (χ1) is 15.0. The number of sulfone groups is 1. The summed E-state index contributed by atoms with van der Waals surface area (Å²) >= 11 is 0. The Morgan fingerprint density at radius 1 is 1.13 bits per heavy atom. The van der Waals surface area contributed by atoms with Gasteiger partial charge in [-0.05, 0) is 49.4 Å². The third-order valence-corrected chi connectivity index (χ3v) is 6.51. The first kappa shape index (κ1) is 20.5. The number of nitrogens with zero attached hydrogens (tertiary/aromatic N) is 3. The lowest BCUT2D eigenvalue weighted by molar-refractivity contribution is 0.0526. The second kappa shape index (κ2) is 8.19. The Morgan fingerprint density at radius 3 is 2.55 bits per heavy atom. The van der Waals surface area contributed by atoms with E-state index < -0.39 is 15.8 Å². The molecule has 8 nitrogen and oxygen atoms in total. The highest BCUT2D eigenvalue weighted by atomic mass is 32.2. The topological polar surface area (TPSA) is 100 Å². The summed E-state index contributed by atoms with van der Waals surface area (Å²) in [5, 5.41) is 0.484. The van der Waals surface area contributed by atoms with Crippen molar-refractivity contribution in [3.63, 3.8) is 0 Å². The summed E-state index contributed by atoms with van der Waals surface area (Å²) < 4.78 is 38.8. The summed E-state index contributed by atoms with van der Waals surface area (Å²) in [6.45, 7) is 1.95. The van der Waals surface area contributed by atoms with E-state index in [0.29, 0.717) is 27.9 Å². The third kappa shape index (κ3) is 3.75. The van der Waals surface area contributed by atoms with Gasteiger partial charge in [-0.2, -0.15) is 0 Å². The molecule has 31 heavy (non-hydrogen) atoms. The molecule has 0 saturated carbocycles. The van der Waals surface area contributed by atoms with E-state index in [2.05, 4.69) is 9.97 Å². The van der Waals surface area contributed by atoms with Crippen LogP contribution in [0.4, 0.5) is 0 Å². The number of pyridine rings is 1. The molecular weight excluding hydrogens is 418 g/mol. The number of carbonyl (C=O) groups excluding carboxylic acids is 1. The predicted octanol–water partition coefficient (Wildman–Crippen LogP) is 3.44. The van der Waals surface area contributed by atoms with Gasteiger partial charge < -0.3 is 14.0 Å². The normalized spacial score (nSPS) is 11.4. The Labute approximate surface area is 179 Å². The number of benzene rings is 2. The SMILES string of the molecule is CCOC(=O)c1ccc2ncc(S(=O)(=O)c3ccc(OC)cc3)c(-n3ccnc3)c2c1. The van der Waals surface area contributed by atoms with Crippen LogP contribution in [0.1, 0.15) is 17.3 Å². The van der Waals surface area contributed by atoms with Crippen LogP contribution in [0.15, 0.2) is 77.2 Å². The molecule has 0 aliphatic rings. The van der Waals surface area contributed by atoms with E-state index in [-0.39, 0.29) is 16.4 Å². The average molecular weight is 437 g/mol. The van der Waals surface area contributed by atoms with E-state index in [1.807, 2.05) is 0 Å². The Hall–Kier alpha value is -3.72. The first-order valence-corrected chi connectivity index (χ1v) is 10.9. The van der Waals surface area contributed by atoms with Gasteiger partial charge in [0.15, 0.2) is 0 Å². The fourth-order valence-electron chi connectivity index (χ4n) is 3.24. The van der Waals surface area contributed by atoms with Crippen LogP contribution >= 0.6 is 0 Å². The molecule has 0 N–H and O–H groups in total. The lowest BCUT2D eigenvalue weighted by Gasteiger charge is -2.15. The van der Waals surface area contributed by atoms with Crippen LogP contribution in [0, 0.1) is 0 Å². The highest BCUT2D eigenvalue weighted by Gasteiger charge is 2.25. The van der Waals surface area contributed by atoms with Crippen molar-refractivity contribution in [2.45, 2.75) is 16.7 Å². The number of esters is 1. The van der Waals surface area contributed by atoms with Crippen molar-refractivity contribution in [2.75, 3.05) is 13.7 Å². The van der Waals surface area contributed by atoms with Crippen molar-refractivity contribution in [1.82, 2.24) is 14.5 Å². The van der Waals surface area contributed by atoms with Crippen molar-refractivity contribution in [1.29, 1.82) is 0 Å². The summed E-state index contributed by atoms with van der Waals surface area (Å²) in [7, 11) is -2.43. The molecular formula is C22H19N3O5S. The van der Waals surface area contributed by atoms with Crippen LogP contribution in [0.3, 0.4) is 0 Å². The van der Waals surface area contributed by atoms with Crippen LogP contribution in [0.5, 0.6) is 5.75 Å². The fraction of sp³-hybridized carbons (Fsp3) is 0.136. The van der Waals surface area contributed by atoms with E-state index in [0.717, 1.165) is 0 Å². The second-order valence-corrected chi connectivity index (χ2v) is 8.49. The summed E-state index contributed by atoms with van der Waals surface area (Å²) in [5.74, 6) is 0.0499. The Bertz CT molecular complexity index is 1350. The number of rotatable bonds is 6. The van der Waals surface area contributed by atoms with Gasteiger partial charge >= 0.3 is 5.97 Å². The van der Waals surface area contributed by atoms with Gasteiger partial charge in [-0.15, -0.1) is 0 Å². The van der Waals surface area contributed by atoms with Gasteiger partial charge in [-0.1, -0.05) is 0 Å². The molecule has 4 rings (SSSR count). The molecule has 0 aliphatic heterocycles. The van der Waals surface area contributed by atoms with Gasteiger partial charge in [0.05, 0.1) is 41.7 Å².